The van der Waals surface area contributed by atoms with E-state index in [0.29, 0.717) is 29.0 Å². The molecule has 0 saturated heterocycles. The Labute approximate surface area is 143 Å². The van der Waals surface area contributed by atoms with Crippen LogP contribution in [0.4, 0.5) is 5.82 Å². The number of rotatable bonds is 5. The third-order valence-corrected chi connectivity index (χ3v) is 3.88. The molecule has 1 unspecified atom stereocenters. The van der Waals surface area contributed by atoms with Crippen LogP contribution in [0.25, 0.3) is 17.0 Å². The second-order valence-electron chi connectivity index (χ2n) is 5.65. The highest BCUT2D eigenvalue weighted by molar-refractivity contribution is 5.59. The molecule has 0 aliphatic heterocycles. The lowest BCUT2D eigenvalue weighted by Crippen LogP contribution is -2.13. The number of benzene rings is 1. The van der Waals surface area contributed by atoms with Crippen molar-refractivity contribution in [3.8, 4) is 11.4 Å². The summed E-state index contributed by atoms with van der Waals surface area (Å²) < 4.78 is 6.80. The van der Waals surface area contributed by atoms with E-state index in [1.165, 1.54) is 0 Å². The van der Waals surface area contributed by atoms with Gasteiger partial charge in [-0.1, -0.05) is 42.4 Å². The molecule has 0 aliphatic carbocycles. The Balaban J connectivity index is 1.69. The number of nitrogens with zero attached hydrogens (tertiary/aromatic N) is 6. The molecule has 3 aromatic heterocycles. The Kier molecular flexibility index (Phi) is 3.85. The first-order valence-electron chi connectivity index (χ1n) is 8.09. The van der Waals surface area contributed by atoms with Crippen molar-refractivity contribution in [3.05, 3.63) is 54.2 Å². The van der Waals surface area contributed by atoms with Gasteiger partial charge in [-0.2, -0.15) is 9.50 Å². The zero-order valence-corrected chi connectivity index (χ0v) is 13.9. The number of anilines is 1. The zero-order valence-electron chi connectivity index (χ0n) is 13.9. The van der Waals surface area contributed by atoms with Gasteiger partial charge in [-0.25, -0.2) is 0 Å². The molecular formula is C17H17N7O. The second kappa shape index (κ2) is 6.31. The lowest BCUT2D eigenvalue weighted by molar-refractivity contribution is 0.384. The molecule has 0 amide bonds. The molecule has 0 fully saturated rings. The normalized spacial score (nSPS) is 12.4. The minimum Gasteiger partial charge on any atom is -0.358 e. The van der Waals surface area contributed by atoms with Crippen molar-refractivity contribution in [2.45, 2.75) is 26.3 Å². The Hall–Kier alpha value is -3.29. The van der Waals surface area contributed by atoms with Gasteiger partial charge in [0.2, 0.25) is 5.89 Å². The van der Waals surface area contributed by atoms with Crippen molar-refractivity contribution >= 4 is 11.5 Å². The predicted octanol–water partition coefficient (Wildman–Crippen LogP) is 3.05. The van der Waals surface area contributed by atoms with E-state index in [4.69, 9.17) is 4.52 Å². The summed E-state index contributed by atoms with van der Waals surface area (Å²) in [5.74, 6) is 2.55. The van der Waals surface area contributed by atoms with Crippen LogP contribution >= 0.6 is 0 Å². The van der Waals surface area contributed by atoms with Crippen LogP contribution in [0.15, 0.2) is 47.0 Å². The van der Waals surface area contributed by atoms with Crippen LogP contribution in [0, 0.1) is 6.92 Å². The molecule has 0 radical (unpaired) electrons. The largest absolute Gasteiger partial charge is 0.358 e. The van der Waals surface area contributed by atoms with Gasteiger partial charge in [0.05, 0.1) is 6.04 Å². The van der Waals surface area contributed by atoms with Gasteiger partial charge in [0, 0.05) is 12.5 Å². The highest BCUT2D eigenvalue weighted by atomic mass is 16.5. The molecule has 1 N–H and O–H groups in total. The van der Waals surface area contributed by atoms with Crippen molar-refractivity contribution in [2.75, 3.05) is 5.32 Å². The van der Waals surface area contributed by atoms with Crippen LogP contribution in [0.2, 0.25) is 0 Å². The van der Waals surface area contributed by atoms with E-state index in [2.05, 4.69) is 37.7 Å². The Morgan fingerprint density at radius 1 is 1.12 bits per heavy atom. The van der Waals surface area contributed by atoms with Gasteiger partial charge < -0.3 is 9.84 Å². The van der Waals surface area contributed by atoms with E-state index in [9.17, 15) is 0 Å². The number of hydrogen-bond donors (Lipinski definition) is 1. The Bertz CT molecular complexity index is 993. The van der Waals surface area contributed by atoms with Gasteiger partial charge in [0.15, 0.2) is 17.3 Å². The van der Waals surface area contributed by atoms with Gasteiger partial charge in [0.25, 0.3) is 0 Å². The lowest BCUT2D eigenvalue weighted by Gasteiger charge is -2.13. The van der Waals surface area contributed by atoms with Crippen LogP contribution in [0.5, 0.6) is 0 Å². The molecule has 0 aliphatic rings. The van der Waals surface area contributed by atoms with Gasteiger partial charge in [0.1, 0.15) is 5.82 Å². The van der Waals surface area contributed by atoms with Gasteiger partial charge in [-0.3, -0.25) is 0 Å². The highest BCUT2D eigenvalue weighted by Gasteiger charge is 2.17. The first-order chi connectivity index (χ1) is 12.2. The summed E-state index contributed by atoms with van der Waals surface area (Å²) in [4.78, 5) is 4.30. The average Bonchev–Trinajstić information content (AvgIpc) is 3.26. The summed E-state index contributed by atoms with van der Waals surface area (Å²) in [6.45, 7) is 3.83. The van der Waals surface area contributed by atoms with Crippen LogP contribution in [-0.2, 0) is 0 Å². The average molecular weight is 335 g/mol. The minimum atomic E-state index is -0.0842. The number of aromatic nitrogens is 6. The van der Waals surface area contributed by atoms with Crippen LogP contribution < -0.4 is 5.32 Å². The molecule has 126 valence electrons. The molecule has 8 heteroatoms. The van der Waals surface area contributed by atoms with E-state index in [1.54, 1.807) is 11.4 Å². The van der Waals surface area contributed by atoms with Crippen molar-refractivity contribution < 1.29 is 4.52 Å². The molecule has 4 rings (SSSR count). The molecule has 0 bridgehead atoms. The number of fused-ring (bicyclic) bond motifs is 1. The summed E-state index contributed by atoms with van der Waals surface area (Å²) in [5.41, 5.74) is 1.65. The molecule has 3 heterocycles. The van der Waals surface area contributed by atoms with E-state index in [-0.39, 0.29) is 6.04 Å². The van der Waals surface area contributed by atoms with Crippen molar-refractivity contribution in [1.29, 1.82) is 0 Å². The topological polar surface area (TPSA) is 94.0 Å². The zero-order chi connectivity index (χ0) is 17.2. The molecule has 0 spiro atoms. The van der Waals surface area contributed by atoms with Crippen LogP contribution in [-0.4, -0.2) is 30.0 Å². The fourth-order valence-electron chi connectivity index (χ4n) is 2.62. The van der Waals surface area contributed by atoms with E-state index < -0.39 is 0 Å². The number of aryl methyl sites for hydroxylation is 1. The van der Waals surface area contributed by atoms with E-state index >= 15 is 0 Å². The first kappa shape index (κ1) is 15.3. The van der Waals surface area contributed by atoms with E-state index in [0.717, 1.165) is 12.0 Å². The standard InChI is InChI=1S/C17H17N7O/c1-3-13(16-18-11(2)25-23-16)19-14-9-10-15-20-21-17(24(15)22-14)12-7-5-4-6-8-12/h4-10,13H,3H2,1-2H3,(H,19,22). The summed E-state index contributed by atoms with van der Waals surface area (Å²) in [7, 11) is 0. The molecule has 25 heavy (non-hydrogen) atoms. The van der Waals surface area contributed by atoms with Crippen molar-refractivity contribution in [3.63, 3.8) is 0 Å². The monoisotopic (exact) mass is 335 g/mol. The fraction of sp³-hybridized carbons (Fsp3) is 0.235. The van der Waals surface area contributed by atoms with E-state index in [1.807, 2.05) is 42.5 Å². The maximum absolute atomic E-state index is 5.07. The lowest BCUT2D eigenvalue weighted by atomic mass is 10.2. The molecule has 4 aromatic rings. The van der Waals surface area contributed by atoms with Crippen molar-refractivity contribution in [1.82, 2.24) is 30.0 Å². The summed E-state index contributed by atoms with van der Waals surface area (Å²) in [6, 6.07) is 13.5. The van der Waals surface area contributed by atoms with Crippen LogP contribution in [0.1, 0.15) is 31.1 Å². The van der Waals surface area contributed by atoms with Crippen molar-refractivity contribution in [2.24, 2.45) is 0 Å². The molecule has 1 atom stereocenters. The maximum atomic E-state index is 5.07. The molecule has 0 saturated carbocycles. The third kappa shape index (κ3) is 2.93. The summed E-state index contributed by atoms with van der Waals surface area (Å²) in [5, 5.41) is 20.4. The van der Waals surface area contributed by atoms with Gasteiger partial charge >= 0.3 is 0 Å². The molecular weight excluding hydrogens is 318 g/mol. The van der Waals surface area contributed by atoms with Gasteiger partial charge in [-0.15, -0.1) is 15.3 Å². The minimum absolute atomic E-state index is 0.0842. The molecule has 1 aromatic carbocycles. The smallest absolute Gasteiger partial charge is 0.223 e. The number of nitrogens with one attached hydrogen (secondary N) is 1. The second-order valence-corrected chi connectivity index (χ2v) is 5.65. The first-order valence-corrected chi connectivity index (χ1v) is 8.09. The molecule has 8 nitrogen and oxygen atoms in total. The third-order valence-electron chi connectivity index (χ3n) is 3.88. The fourth-order valence-corrected chi connectivity index (χ4v) is 2.62. The Morgan fingerprint density at radius 2 is 1.96 bits per heavy atom. The highest BCUT2D eigenvalue weighted by Crippen LogP contribution is 2.21. The number of hydrogen-bond acceptors (Lipinski definition) is 7. The maximum Gasteiger partial charge on any atom is 0.223 e. The SMILES string of the molecule is CCC(Nc1ccc2nnc(-c3ccccc3)n2n1)c1noc(C)n1. The van der Waals surface area contributed by atoms with Crippen LogP contribution in [0.3, 0.4) is 0 Å². The predicted molar refractivity (Wildman–Crippen MR) is 91.9 cm³/mol. The Morgan fingerprint density at radius 3 is 2.68 bits per heavy atom. The quantitative estimate of drug-likeness (QED) is 0.599. The summed E-state index contributed by atoms with van der Waals surface area (Å²) in [6.07, 6.45) is 0.798. The summed E-state index contributed by atoms with van der Waals surface area (Å²) >= 11 is 0. The van der Waals surface area contributed by atoms with Gasteiger partial charge in [-0.05, 0) is 18.6 Å².